The van der Waals surface area contributed by atoms with Crippen LogP contribution in [0.4, 0.5) is 0 Å². The lowest BCUT2D eigenvalue weighted by Gasteiger charge is -2.17. The molecular formula is C11H16N2. The van der Waals surface area contributed by atoms with Gasteiger partial charge in [-0.25, -0.2) is 0 Å². The van der Waals surface area contributed by atoms with Crippen LogP contribution in [0.2, 0.25) is 0 Å². The zero-order chi connectivity index (χ0) is 9.26. The van der Waals surface area contributed by atoms with Gasteiger partial charge >= 0.3 is 0 Å². The number of nitrogens with one attached hydrogen (secondary N) is 1. The highest BCUT2D eigenvalue weighted by Gasteiger charge is 2.13. The number of aryl methyl sites for hydroxylation is 1. The molecule has 1 atom stereocenters. The number of aromatic amines is 1. The van der Waals surface area contributed by atoms with Gasteiger partial charge in [-0.05, 0) is 43.2 Å². The zero-order valence-electron chi connectivity index (χ0n) is 8.30. The van der Waals surface area contributed by atoms with Crippen LogP contribution in [0, 0.1) is 12.8 Å². The Bertz CT molecular complexity index is 323. The highest BCUT2D eigenvalue weighted by Crippen LogP contribution is 2.29. The molecule has 1 aromatic heterocycles. The number of hydrogen-bond donors (Lipinski definition) is 1. The van der Waals surface area contributed by atoms with Crippen molar-refractivity contribution in [1.82, 2.24) is 10.2 Å². The molecule has 0 bridgehead atoms. The summed E-state index contributed by atoms with van der Waals surface area (Å²) in [5.74, 6) is 0.854. The van der Waals surface area contributed by atoms with Crippen molar-refractivity contribution in [2.45, 2.75) is 33.1 Å². The van der Waals surface area contributed by atoms with Gasteiger partial charge in [-0.2, -0.15) is 5.10 Å². The van der Waals surface area contributed by atoms with E-state index in [1.807, 2.05) is 6.20 Å². The first kappa shape index (κ1) is 8.54. The van der Waals surface area contributed by atoms with Crippen LogP contribution in [0.5, 0.6) is 0 Å². The van der Waals surface area contributed by atoms with Crippen LogP contribution < -0.4 is 0 Å². The molecule has 0 aromatic carbocycles. The average Bonchev–Trinajstić information content (AvgIpc) is 2.53. The number of H-pyrrole nitrogens is 1. The Hall–Kier alpha value is -1.05. The molecule has 0 saturated heterocycles. The van der Waals surface area contributed by atoms with Gasteiger partial charge in [0.1, 0.15) is 0 Å². The number of allylic oxidation sites excluding steroid dienone is 2. The van der Waals surface area contributed by atoms with Crippen molar-refractivity contribution in [3.05, 3.63) is 23.5 Å². The van der Waals surface area contributed by atoms with Crippen LogP contribution in [0.1, 0.15) is 37.4 Å². The molecule has 2 nitrogen and oxygen atoms in total. The molecule has 13 heavy (non-hydrogen) atoms. The van der Waals surface area contributed by atoms with E-state index in [9.17, 15) is 0 Å². The number of aromatic nitrogens is 2. The second-order valence-corrected chi connectivity index (χ2v) is 4.04. The highest BCUT2D eigenvalue weighted by atomic mass is 15.1. The maximum Gasteiger partial charge on any atom is 0.0635 e. The molecule has 1 unspecified atom stereocenters. The minimum Gasteiger partial charge on any atom is -0.278 e. The molecule has 0 spiro atoms. The highest BCUT2D eigenvalue weighted by molar-refractivity contribution is 5.65. The molecule has 1 heterocycles. The molecule has 0 radical (unpaired) electrons. The molecule has 0 saturated carbocycles. The van der Waals surface area contributed by atoms with Crippen LogP contribution in [0.25, 0.3) is 5.57 Å². The average molecular weight is 176 g/mol. The third-order valence-corrected chi connectivity index (χ3v) is 2.82. The lowest BCUT2D eigenvalue weighted by Crippen LogP contribution is -2.01. The number of rotatable bonds is 1. The minimum absolute atomic E-state index is 0.854. The van der Waals surface area contributed by atoms with Crippen molar-refractivity contribution in [2.75, 3.05) is 0 Å². The summed E-state index contributed by atoms with van der Waals surface area (Å²) in [6.45, 7) is 4.42. The smallest absolute Gasteiger partial charge is 0.0635 e. The van der Waals surface area contributed by atoms with Crippen LogP contribution in [-0.2, 0) is 0 Å². The monoisotopic (exact) mass is 176 g/mol. The van der Waals surface area contributed by atoms with Gasteiger partial charge in [-0.3, -0.25) is 5.10 Å². The predicted molar refractivity (Wildman–Crippen MR) is 54.3 cm³/mol. The van der Waals surface area contributed by atoms with E-state index in [2.05, 4.69) is 30.1 Å². The van der Waals surface area contributed by atoms with E-state index in [0.717, 1.165) is 5.92 Å². The SMILES string of the molecule is Cc1cn[nH]c1C1=CCC(C)CC1. The molecule has 2 rings (SSSR count). The van der Waals surface area contributed by atoms with E-state index in [4.69, 9.17) is 0 Å². The van der Waals surface area contributed by atoms with E-state index >= 15 is 0 Å². The topological polar surface area (TPSA) is 28.7 Å². The van der Waals surface area contributed by atoms with E-state index in [1.54, 1.807) is 0 Å². The summed E-state index contributed by atoms with van der Waals surface area (Å²) < 4.78 is 0. The Morgan fingerprint density at radius 2 is 2.38 bits per heavy atom. The summed E-state index contributed by atoms with van der Waals surface area (Å²) in [4.78, 5) is 0. The lowest BCUT2D eigenvalue weighted by molar-refractivity contribution is 0.533. The molecule has 1 aromatic rings. The third kappa shape index (κ3) is 1.67. The van der Waals surface area contributed by atoms with Gasteiger partial charge in [0.2, 0.25) is 0 Å². The Morgan fingerprint density at radius 1 is 1.54 bits per heavy atom. The van der Waals surface area contributed by atoms with Crippen LogP contribution >= 0.6 is 0 Å². The molecular weight excluding hydrogens is 160 g/mol. The van der Waals surface area contributed by atoms with Gasteiger partial charge in [0.15, 0.2) is 0 Å². The van der Waals surface area contributed by atoms with E-state index < -0.39 is 0 Å². The minimum atomic E-state index is 0.854. The Labute approximate surface area is 79.1 Å². The Balaban J connectivity index is 2.23. The van der Waals surface area contributed by atoms with Crippen molar-refractivity contribution in [1.29, 1.82) is 0 Å². The van der Waals surface area contributed by atoms with Crippen molar-refractivity contribution < 1.29 is 0 Å². The van der Waals surface area contributed by atoms with Gasteiger partial charge in [0, 0.05) is 0 Å². The van der Waals surface area contributed by atoms with Crippen molar-refractivity contribution in [3.63, 3.8) is 0 Å². The molecule has 1 aliphatic rings. The molecule has 0 amide bonds. The lowest BCUT2D eigenvalue weighted by atomic mass is 9.89. The first-order valence-corrected chi connectivity index (χ1v) is 4.96. The zero-order valence-corrected chi connectivity index (χ0v) is 8.30. The molecule has 1 aliphatic carbocycles. The molecule has 1 N–H and O–H groups in total. The number of hydrogen-bond acceptors (Lipinski definition) is 1. The van der Waals surface area contributed by atoms with Crippen molar-refractivity contribution >= 4 is 5.57 Å². The number of nitrogens with zero attached hydrogens (tertiary/aromatic N) is 1. The fourth-order valence-electron chi connectivity index (χ4n) is 1.86. The maximum absolute atomic E-state index is 4.05. The van der Waals surface area contributed by atoms with Gasteiger partial charge in [-0.1, -0.05) is 13.0 Å². The quantitative estimate of drug-likeness (QED) is 0.700. The largest absolute Gasteiger partial charge is 0.278 e. The first-order valence-electron chi connectivity index (χ1n) is 4.96. The van der Waals surface area contributed by atoms with Gasteiger partial charge in [0.05, 0.1) is 11.9 Å². The van der Waals surface area contributed by atoms with Crippen LogP contribution in [0.3, 0.4) is 0 Å². The standard InChI is InChI=1S/C11H16N2/c1-8-3-5-10(6-4-8)11-9(2)7-12-13-11/h5,7-8H,3-4,6H2,1-2H3,(H,12,13). The normalized spacial score (nSPS) is 22.9. The molecule has 2 heteroatoms. The molecule has 0 fully saturated rings. The summed E-state index contributed by atoms with van der Waals surface area (Å²) in [6, 6.07) is 0. The van der Waals surface area contributed by atoms with Crippen LogP contribution in [-0.4, -0.2) is 10.2 Å². The summed E-state index contributed by atoms with van der Waals surface area (Å²) in [5, 5.41) is 7.12. The van der Waals surface area contributed by atoms with Gasteiger partial charge in [-0.15, -0.1) is 0 Å². The van der Waals surface area contributed by atoms with Gasteiger partial charge in [0.25, 0.3) is 0 Å². The van der Waals surface area contributed by atoms with E-state index in [0.29, 0.717) is 0 Å². The second kappa shape index (κ2) is 3.36. The fourth-order valence-corrected chi connectivity index (χ4v) is 1.86. The van der Waals surface area contributed by atoms with E-state index in [1.165, 1.54) is 36.1 Å². The maximum atomic E-state index is 4.05. The second-order valence-electron chi connectivity index (χ2n) is 4.04. The predicted octanol–water partition coefficient (Wildman–Crippen LogP) is 2.92. The van der Waals surface area contributed by atoms with Crippen molar-refractivity contribution in [3.8, 4) is 0 Å². The summed E-state index contributed by atoms with van der Waals surface area (Å²) >= 11 is 0. The molecule has 70 valence electrons. The van der Waals surface area contributed by atoms with Gasteiger partial charge < -0.3 is 0 Å². The fraction of sp³-hybridized carbons (Fsp3) is 0.545. The summed E-state index contributed by atoms with van der Waals surface area (Å²) in [7, 11) is 0. The van der Waals surface area contributed by atoms with Crippen molar-refractivity contribution in [2.24, 2.45) is 5.92 Å². The van der Waals surface area contributed by atoms with E-state index in [-0.39, 0.29) is 0 Å². The molecule has 0 aliphatic heterocycles. The van der Waals surface area contributed by atoms with Crippen LogP contribution in [0.15, 0.2) is 12.3 Å². The summed E-state index contributed by atoms with van der Waals surface area (Å²) in [5.41, 5.74) is 3.96. The Morgan fingerprint density at radius 3 is 2.92 bits per heavy atom. The first-order chi connectivity index (χ1) is 6.27. The Kier molecular flexibility index (Phi) is 2.21. The summed E-state index contributed by atoms with van der Waals surface area (Å²) in [6.07, 6.45) is 7.98. The third-order valence-electron chi connectivity index (χ3n) is 2.82.